The first kappa shape index (κ1) is 21.0. The molecule has 3 nitrogen and oxygen atoms in total. The Morgan fingerprint density at radius 3 is 2.11 bits per heavy atom. The molecule has 2 aromatic carbocycles. The first-order valence-corrected chi connectivity index (χ1v) is 9.63. The van der Waals surface area contributed by atoms with Crippen molar-refractivity contribution in [3.8, 4) is 5.75 Å². The van der Waals surface area contributed by atoms with Gasteiger partial charge in [0.15, 0.2) is 0 Å². The van der Waals surface area contributed by atoms with Gasteiger partial charge in [-0.05, 0) is 83.1 Å². The molecule has 0 fully saturated rings. The third kappa shape index (κ3) is 6.74. The summed E-state index contributed by atoms with van der Waals surface area (Å²) in [5, 5.41) is 9.47. The van der Waals surface area contributed by atoms with Crippen LogP contribution in [0, 0.1) is 5.41 Å². The average molecular weight is 369 g/mol. The highest BCUT2D eigenvalue weighted by Crippen LogP contribution is 2.36. The van der Waals surface area contributed by atoms with Crippen LogP contribution in [0.5, 0.6) is 5.75 Å². The van der Waals surface area contributed by atoms with Crippen molar-refractivity contribution in [3.63, 3.8) is 0 Å². The number of hydrogen-bond donors (Lipinski definition) is 1. The Morgan fingerprint density at radius 1 is 0.963 bits per heavy atom. The van der Waals surface area contributed by atoms with Crippen LogP contribution < -0.4 is 0 Å². The minimum atomic E-state index is -0.567. The van der Waals surface area contributed by atoms with Gasteiger partial charge in [0.1, 0.15) is 11.4 Å². The van der Waals surface area contributed by atoms with Crippen LogP contribution >= 0.6 is 0 Å². The second-order valence-electron chi connectivity index (χ2n) is 8.90. The molecule has 0 heterocycles. The molecule has 2 aromatic rings. The summed E-state index contributed by atoms with van der Waals surface area (Å²) in [5.41, 5.74) is 1.38. The van der Waals surface area contributed by atoms with Gasteiger partial charge in [-0.3, -0.25) is 4.79 Å². The summed E-state index contributed by atoms with van der Waals surface area (Å²) in [4.78, 5) is 12.7. The van der Waals surface area contributed by atoms with Crippen molar-refractivity contribution in [1.82, 2.24) is 0 Å². The van der Waals surface area contributed by atoms with Crippen molar-refractivity contribution in [2.24, 2.45) is 5.41 Å². The zero-order valence-corrected chi connectivity index (χ0v) is 17.2. The van der Waals surface area contributed by atoms with E-state index in [9.17, 15) is 9.90 Å². The lowest BCUT2D eigenvalue weighted by molar-refractivity contribution is -0.166. The molecule has 1 N–H and O–H groups in total. The van der Waals surface area contributed by atoms with Crippen LogP contribution in [-0.4, -0.2) is 16.7 Å². The van der Waals surface area contributed by atoms with Crippen LogP contribution in [0.2, 0.25) is 0 Å². The first-order chi connectivity index (χ1) is 12.6. The third-order valence-electron chi connectivity index (χ3n) is 4.70. The maximum Gasteiger partial charge on any atom is 0.312 e. The molecular weight excluding hydrogens is 336 g/mol. The largest absolute Gasteiger partial charge is 0.508 e. The number of carbonyl (C=O) groups is 1. The lowest BCUT2D eigenvalue weighted by Gasteiger charge is -2.31. The van der Waals surface area contributed by atoms with Crippen molar-refractivity contribution in [2.75, 3.05) is 0 Å². The SMILES string of the molecule is CC(C)(C)OC(=O)C(C)(C)CC(CCc1ccc(O)cc1)c1ccccc1. The van der Waals surface area contributed by atoms with E-state index in [1.54, 1.807) is 12.1 Å². The molecule has 2 rings (SSSR count). The number of aryl methyl sites for hydroxylation is 1. The summed E-state index contributed by atoms with van der Waals surface area (Å²) in [6, 6.07) is 17.7. The molecule has 0 spiro atoms. The number of hydrogen-bond acceptors (Lipinski definition) is 3. The van der Waals surface area contributed by atoms with E-state index in [-0.39, 0.29) is 17.6 Å². The van der Waals surface area contributed by atoms with Gasteiger partial charge in [-0.1, -0.05) is 42.5 Å². The van der Waals surface area contributed by atoms with E-state index in [4.69, 9.17) is 4.74 Å². The Morgan fingerprint density at radius 2 is 1.56 bits per heavy atom. The number of carbonyl (C=O) groups excluding carboxylic acids is 1. The summed E-state index contributed by atoms with van der Waals surface area (Å²) in [5.74, 6) is 0.382. The van der Waals surface area contributed by atoms with Crippen LogP contribution in [-0.2, 0) is 16.0 Å². The summed E-state index contributed by atoms with van der Waals surface area (Å²) < 4.78 is 5.65. The predicted octanol–water partition coefficient (Wildman–Crippen LogP) is 5.87. The molecule has 3 heteroatoms. The third-order valence-corrected chi connectivity index (χ3v) is 4.70. The van der Waals surface area contributed by atoms with Crippen molar-refractivity contribution in [3.05, 3.63) is 65.7 Å². The minimum absolute atomic E-state index is 0.152. The molecule has 0 aliphatic carbocycles. The quantitative estimate of drug-likeness (QED) is 0.622. The van der Waals surface area contributed by atoms with Gasteiger partial charge < -0.3 is 9.84 Å². The van der Waals surface area contributed by atoms with Crippen LogP contribution in [0.1, 0.15) is 64.5 Å². The summed E-state index contributed by atoms with van der Waals surface area (Å²) in [6.07, 6.45) is 2.55. The fourth-order valence-electron chi connectivity index (χ4n) is 3.23. The molecule has 1 unspecified atom stereocenters. The molecule has 146 valence electrons. The molecule has 0 aromatic heterocycles. The van der Waals surface area contributed by atoms with Crippen LogP contribution in [0.3, 0.4) is 0 Å². The number of phenolic OH excluding ortho intramolecular Hbond substituents is 1. The van der Waals surface area contributed by atoms with Crippen LogP contribution in [0.25, 0.3) is 0 Å². The molecule has 0 radical (unpaired) electrons. The van der Waals surface area contributed by atoms with Gasteiger partial charge in [0, 0.05) is 0 Å². The number of benzene rings is 2. The van der Waals surface area contributed by atoms with Gasteiger partial charge in [0.05, 0.1) is 5.41 Å². The number of phenols is 1. The lowest BCUT2D eigenvalue weighted by Crippen LogP contribution is -2.35. The van der Waals surface area contributed by atoms with Gasteiger partial charge in [-0.25, -0.2) is 0 Å². The van der Waals surface area contributed by atoms with Gasteiger partial charge in [-0.15, -0.1) is 0 Å². The molecule has 0 saturated heterocycles. The van der Waals surface area contributed by atoms with Gasteiger partial charge in [-0.2, -0.15) is 0 Å². The Hall–Kier alpha value is -2.29. The number of aromatic hydroxyl groups is 1. The van der Waals surface area contributed by atoms with Crippen LogP contribution in [0.4, 0.5) is 0 Å². The van der Waals surface area contributed by atoms with Crippen LogP contribution in [0.15, 0.2) is 54.6 Å². The van der Waals surface area contributed by atoms with E-state index in [0.29, 0.717) is 0 Å². The number of ether oxygens (including phenoxy) is 1. The van der Waals surface area contributed by atoms with E-state index in [2.05, 4.69) is 12.1 Å². The highest BCUT2D eigenvalue weighted by Gasteiger charge is 2.35. The monoisotopic (exact) mass is 368 g/mol. The first-order valence-electron chi connectivity index (χ1n) is 9.63. The van der Waals surface area contributed by atoms with Crippen molar-refractivity contribution in [2.45, 2.75) is 65.4 Å². The molecule has 1 atom stereocenters. The van der Waals surface area contributed by atoms with E-state index in [1.165, 1.54) is 11.1 Å². The van der Waals surface area contributed by atoms with Gasteiger partial charge >= 0.3 is 5.97 Å². The Bertz CT molecular complexity index is 724. The molecular formula is C24H32O3. The fourth-order valence-corrected chi connectivity index (χ4v) is 3.23. The predicted molar refractivity (Wildman–Crippen MR) is 110 cm³/mol. The molecule has 0 amide bonds. The molecule has 27 heavy (non-hydrogen) atoms. The van der Waals surface area contributed by atoms with Crippen molar-refractivity contribution in [1.29, 1.82) is 0 Å². The zero-order chi connectivity index (χ0) is 20.1. The second kappa shape index (κ2) is 8.60. The van der Waals surface area contributed by atoms with E-state index < -0.39 is 11.0 Å². The second-order valence-corrected chi connectivity index (χ2v) is 8.90. The topological polar surface area (TPSA) is 46.5 Å². The smallest absolute Gasteiger partial charge is 0.312 e. The molecule has 0 bridgehead atoms. The van der Waals surface area contributed by atoms with E-state index in [0.717, 1.165) is 19.3 Å². The highest BCUT2D eigenvalue weighted by atomic mass is 16.6. The van der Waals surface area contributed by atoms with E-state index in [1.807, 2.05) is 65.0 Å². The maximum atomic E-state index is 12.7. The molecule has 0 saturated carbocycles. The summed E-state index contributed by atoms with van der Waals surface area (Å²) in [7, 11) is 0. The standard InChI is InChI=1S/C24H32O3/c1-23(2,3)27-22(26)24(4,5)17-20(19-9-7-6-8-10-19)14-11-18-12-15-21(25)16-13-18/h6-10,12-13,15-16,20,25H,11,14,17H2,1-5H3. The fraction of sp³-hybridized carbons (Fsp3) is 0.458. The number of rotatable bonds is 7. The summed E-state index contributed by atoms with van der Waals surface area (Å²) >= 11 is 0. The minimum Gasteiger partial charge on any atom is -0.508 e. The number of esters is 1. The van der Waals surface area contributed by atoms with Gasteiger partial charge in [0.2, 0.25) is 0 Å². The Kier molecular flexibility index (Phi) is 6.69. The zero-order valence-electron chi connectivity index (χ0n) is 17.2. The van der Waals surface area contributed by atoms with Gasteiger partial charge in [0.25, 0.3) is 0 Å². The molecule has 0 aliphatic rings. The summed E-state index contributed by atoms with van der Waals surface area (Å²) in [6.45, 7) is 9.65. The Labute approximate surface area is 163 Å². The van der Waals surface area contributed by atoms with Crippen molar-refractivity contribution < 1.29 is 14.6 Å². The highest BCUT2D eigenvalue weighted by molar-refractivity contribution is 5.76. The maximum absolute atomic E-state index is 12.7. The van der Waals surface area contributed by atoms with Crippen molar-refractivity contribution >= 4 is 5.97 Å². The Balaban J connectivity index is 2.15. The average Bonchev–Trinajstić information content (AvgIpc) is 2.59. The van der Waals surface area contributed by atoms with E-state index >= 15 is 0 Å². The molecule has 0 aliphatic heterocycles. The lowest BCUT2D eigenvalue weighted by atomic mass is 9.77. The normalized spacial score (nSPS) is 13.2.